The topological polar surface area (TPSA) is 75.7 Å². The van der Waals surface area contributed by atoms with Crippen molar-refractivity contribution >= 4 is 10.1 Å². The van der Waals surface area contributed by atoms with Crippen molar-refractivity contribution in [1.82, 2.24) is 0 Å². The molecule has 0 amide bonds. The molecule has 5 nitrogen and oxygen atoms in total. The molecule has 0 aromatic carbocycles. The molecule has 0 aliphatic carbocycles. The van der Waals surface area contributed by atoms with E-state index in [0.717, 1.165) is 13.0 Å². The van der Waals surface area contributed by atoms with E-state index in [-0.39, 0.29) is 42.6 Å². The maximum Gasteiger partial charge on any atom is 1.00 e. The Bertz CT molecular complexity index is 321. The molecule has 0 saturated carbocycles. The van der Waals surface area contributed by atoms with E-state index in [4.69, 9.17) is 9.47 Å². The average Bonchev–Trinajstić information content (AvgIpc) is 2.39. The minimum Gasteiger partial charge on any atom is -0.748 e. The molecule has 0 heterocycles. The van der Waals surface area contributed by atoms with Crippen LogP contribution in [0.2, 0.25) is 0 Å². The van der Waals surface area contributed by atoms with Gasteiger partial charge in [0.15, 0.2) is 0 Å². The van der Waals surface area contributed by atoms with Gasteiger partial charge in [-0.2, -0.15) is 0 Å². The Balaban J connectivity index is 0. The third kappa shape index (κ3) is 14.2. The van der Waals surface area contributed by atoms with E-state index in [1.807, 2.05) is 0 Å². The second-order valence-corrected chi connectivity index (χ2v) is 6.99. The van der Waals surface area contributed by atoms with Crippen LogP contribution in [0.25, 0.3) is 0 Å². The Hall–Kier alpha value is 0.830. The van der Waals surface area contributed by atoms with Crippen molar-refractivity contribution in [3.8, 4) is 0 Å². The summed E-state index contributed by atoms with van der Waals surface area (Å²) in [7, 11) is -4.19. The third-order valence-electron chi connectivity index (χ3n) is 3.43. The molecule has 0 aliphatic heterocycles. The Labute approximate surface area is 152 Å². The predicted molar refractivity (Wildman–Crippen MR) is 78.7 cm³/mol. The summed E-state index contributed by atoms with van der Waals surface area (Å²) in [5, 5.41) is -0.887. The Morgan fingerprint density at radius 2 is 1.67 bits per heavy atom. The summed E-state index contributed by atoms with van der Waals surface area (Å²) < 4.78 is 42.8. The van der Waals surface area contributed by atoms with Gasteiger partial charge < -0.3 is 14.0 Å². The van der Waals surface area contributed by atoms with Gasteiger partial charge in [-0.25, -0.2) is 8.42 Å². The van der Waals surface area contributed by atoms with Gasteiger partial charge in [0.05, 0.1) is 23.3 Å². The molecule has 0 N–H and O–H groups in total. The molecule has 0 aromatic rings. The van der Waals surface area contributed by atoms with E-state index in [9.17, 15) is 13.0 Å². The van der Waals surface area contributed by atoms with Crippen LogP contribution in [-0.2, 0) is 19.6 Å². The zero-order valence-electron chi connectivity index (χ0n) is 14.0. The zero-order chi connectivity index (χ0) is 15.4. The second-order valence-electron chi connectivity index (χ2n) is 5.20. The molecular weight excluding hydrogens is 303 g/mol. The normalized spacial score (nSPS) is 14.5. The fourth-order valence-electron chi connectivity index (χ4n) is 1.76. The smallest absolute Gasteiger partial charge is 0.748 e. The molecule has 0 radical (unpaired) electrons. The first kappa shape index (κ1) is 24.1. The standard InChI is InChI=1S/C14H30O5S.Na/c1-4-6-7-14(5-2)12-19-11-10-18-9-8-13(3)20(15,16)17;/h13-14H,4-12H2,1-3H3,(H,15,16,17);/q;+1/p-1. The van der Waals surface area contributed by atoms with Crippen LogP contribution in [0.4, 0.5) is 0 Å². The van der Waals surface area contributed by atoms with Gasteiger partial charge in [0, 0.05) is 18.5 Å². The Morgan fingerprint density at radius 1 is 1.05 bits per heavy atom. The van der Waals surface area contributed by atoms with E-state index >= 15 is 0 Å². The maximum absolute atomic E-state index is 10.7. The first-order valence-corrected chi connectivity index (χ1v) is 8.99. The summed E-state index contributed by atoms with van der Waals surface area (Å²) in [4.78, 5) is 0. The van der Waals surface area contributed by atoms with Crippen LogP contribution in [0.1, 0.15) is 52.9 Å². The van der Waals surface area contributed by atoms with E-state index in [1.165, 1.54) is 26.2 Å². The summed E-state index contributed by atoms with van der Waals surface area (Å²) >= 11 is 0. The molecule has 0 aromatic heterocycles. The fourth-order valence-corrected chi connectivity index (χ4v) is 2.15. The minimum atomic E-state index is -4.19. The monoisotopic (exact) mass is 332 g/mol. The third-order valence-corrected chi connectivity index (χ3v) is 4.65. The van der Waals surface area contributed by atoms with Crippen molar-refractivity contribution in [3.63, 3.8) is 0 Å². The van der Waals surface area contributed by atoms with Crippen molar-refractivity contribution in [2.45, 2.75) is 58.1 Å². The largest absolute Gasteiger partial charge is 1.00 e. The maximum atomic E-state index is 10.7. The van der Waals surface area contributed by atoms with Gasteiger partial charge >= 0.3 is 29.6 Å². The van der Waals surface area contributed by atoms with Crippen LogP contribution in [0, 0.1) is 5.92 Å². The van der Waals surface area contributed by atoms with E-state index in [1.54, 1.807) is 0 Å². The van der Waals surface area contributed by atoms with Gasteiger partial charge in [-0.1, -0.05) is 33.1 Å². The number of rotatable bonds is 13. The Morgan fingerprint density at radius 3 is 2.19 bits per heavy atom. The Kier molecular flexibility index (Phi) is 16.5. The summed E-state index contributed by atoms with van der Waals surface area (Å²) in [6.45, 7) is 7.75. The second kappa shape index (κ2) is 14.4. The van der Waals surface area contributed by atoms with Gasteiger partial charge in [-0.15, -0.1) is 0 Å². The zero-order valence-corrected chi connectivity index (χ0v) is 16.8. The molecule has 2 atom stereocenters. The molecule has 0 rings (SSSR count). The summed E-state index contributed by atoms with van der Waals surface area (Å²) in [5.74, 6) is 0.612. The van der Waals surface area contributed by atoms with Crippen molar-refractivity contribution in [2.24, 2.45) is 5.92 Å². The molecule has 0 bridgehead atoms. The molecule has 7 heteroatoms. The number of hydrogen-bond donors (Lipinski definition) is 0. The first-order chi connectivity index (χ1) is 9.41. The molecule has 0 aliphatic rings. The summed E-state index contributed by atoms with van der Waals surface area (Å²) in [6.07, 6.45) is 5.01. The van der Waals surface area contributed by atoms with Gasteiger partial charge in [-0.3, -0.25) is 0 Å². The van der Waals surface area contributed by atoms with Gasteiger partial charge in [0.25, 0.3) is 0 Å². The van der Waals surface area contributed by atoms with E-state index in [2.05, 4.69) is 13.8 Å². The quantitative estimate of drug-likeness (QED) is 0.260. The molecule has 0 spiro atoms. The predicted octanol–water partition coefficient (Wildman–Crippen LogP) is -0.436. The van der Waals surface area contributed by atoms with Gasteiger partial charge in [0.1, 0.15) is 0 Å². The molecule has 2 unspecified atom stereocenters. The van der Waals surface area contributed by atoms with Gasteiger partial charge in [0.2, 0.25) is 0 Å². The fraction of sp³-hybridized carbons (Fsp3) is 1.00. The van der Waals surface area contributed by atoms with Crippen LogP contribution in [-0.4, -0.2) is 44.6 Å². The SMILES string of the molecule is CCCCC(CC)COCCOCCC(C)S(=O)(=O)[O-].[Na+]. The van der Waals surface area contributed by atoms with Crippen molar-refractivity contribution < 1.29 is 52.0 Å². The van der Waals surface area contributed by atoms with Gasteiger partial charge in [-0.05, 0) is 25.7 Å². The van der Waals surface area contributed by atoms with Crippen LogP contribution in [0.15, 0.2) is 0 Å². The van der Waals surface area contributed by atoms with Crippen LogP contribution < -0.4 is 29.6 Å². The molecule has 21 heavy (non-hydrogen) atoms. The molecule has 122 valence electrons. The molecule has 0 fully saturated rings. The van der Waals surface area contributed by atoms with Crippen molar-refractivity contribution in [1.29, 1.82) is 0 Å². The summed E-state index contributed by atoms with van der Waals surface area (Å²) in [5.41, 5.74) is 0. The van der Waals surface area contributed by atoms with Crippen LogP contribution >= 0.6 is 0 Å². The number of unbranched alkanes of at least 4 members (excludes halogenated alkanes) is 1. The molecular formula is C14H29NaO5S. The summed E-state index contributed by atoms with van der Waals surface area (Å²) in [6, 6.07) is 0. The van der Waals surface area contributed by atoms with E-state index in [0.29, 0.717) is 19.1 Å². The molecule has 0 saturated heterocycles. The van der Waals surface area contributed by atoms with Crippen molar-refractivity contribution in [2.75, 3.05) is 26.4 Å². The number of ether oxygens (including phenoxy) is 2. The van der Waals surface area contributed by atoms with Crippen molar-refractivity contribution in [3.05, 3.63) is 0 Å². The first-order valence-electron chi connectivity index (χ1n) is 7.51. The minimum absolute atomic E-state index is 0. The number of hydrogen-bond acceptors (Lipinski definition) is 5. The average molecular weight is 332 g/mol. The van der Waals surface area contributed by atoms with E-state index < -0.39 is 15.4 Å². The van der Waals surface area contributed by atoms with Crippen LogP contribution in [0.3, 0.4) is 0 Å². The van der Waals surface area contributed by atoms with Crippen LogP contribution in [0.5, 0.6) is 0 Å².